The number of ether oxygens (including phenoxy) is 1. The Kier molecular flexibility index (Phi) is 3.06. The summed E-state index contributed by atoms with van der Waals surface area (Å²) in [6.45, 7) is 2.01. The van der Waals surface area contributed by atoms with E-state index in [1.807, 2.05) is 25.1 Å². The van der Waals surface area contributed by atoms with Gasteiger partial charge in [0.1, 0.15) is 17.2 Å². The summed E-state index contributed by atoms with van der Waals surface area (Å²) in [6.07, 6.45) is 1.46. The fourth-order valence-corrected chi connectivity index (χ4v) is 1.68. The van der Waals surface area contributed by atoms with Crippen molar-refractivity contribution in [2.45, 2.75) is 6.92 Å². The molecule has 0 unspecified atom stereocenters. The van der Waals surface area contributed by atoms with Gasteiger partial charge in [-0.15, -0.1) is 0 Å². The van der Waals surface area contributed by atoms with Crippen LogP contribution in [-0.2, 0) is 0 Å². The van der Waals surface area contributed by atoms with E-state index in [9.17, 15) is 0 Å². The van der Waals surface area contributed by atoms with Gasteiger partial charge in [0, 0.05) is 11.6 Å². The Hall–Kier alpha value is -1.61. The summed E-state index contributed by atoms with van der Waals surface area (Å²) in [5.74, 6) is 0.835. The molecular weight excluding hydrogens is 224 g/mol. The molecule has 0 amide bonds. The lowest BCUT2D eigenvalue weighted by Crippen LogP contribution is -1.90. The van der Waals surface area contributed by atoms with Crippen LogP contribution >= 0.6 is 11.6 Å². The fourth-order valence-electron chi connectivity index (χ4n) is 1.53. The SMILES string of the molecule is COc1ccc(-c2cc(Cl)ncn2)c(C)c1. The molecular formula is C12H11ClN2O. The molecule has 82 valence electrons. The van der Waals surface area contributed by atoms with Gasteiger partial charge in [0.15, 0.2) is 0 Å². The van der Waals surface area contributed by atoms with Gasteiger partial charge >= 0.3 is 0 Å². The van der Waals surface area contributed by atoms with Crippen LogP contribution < -0.4 is 4.74 Å². The molecule has 1 aromatic carbocycles. The first-order valence-electron chi connectivity index (χ1n) is 4.83. The topological polar surface area (TPSA) is 35.0 Å². The van der Waals surface area contributed by atoms with Gasteiger partial charge in [-0.1, -0.05) is 11.6 Å². The summed E-state index contributed by atoms with van der Waals surface area (Å²) >= 11 is 5.83. The number of nitrogens with zero attached hydrogens (tertiary/aromatic N) is 2. The quantitative estimate of drug-likeness (QED) is 0.749. The molecule has 0 aliphatic rings. The van der Waals surface area contributed by atoms with Crippen LogP contribution in [-0.4, -0.2) is 17.1 Å². The van der Waals surface area contributed by atoms with Crippen LogP contribution in [0.1, 0.15) is 5.56 Å². The summed E-state index contributed by atoms with van der Waals surface area (Å²) in [6, 6.07) is 7.58. The largest absolute Gasteiger partial charge is 0.497 e. The Morgan fingerprint density at radius 3 is 2.62 bits per heavy atom. The van der Waals surface area contributed by atoms with Crippen LogP contribution in [0.2, 0.25) is 5.15 Å². The van der Waals surface area contributed by atoms with Gasteiger partial charge in [0.05, 0.1) is 12.8 Å². The zero-order valence-corrected chi connectivity index (χ0v) is 9.82. The van der Waals surface area contributed by atoms with E-state index in [0.29, 0.717) is 5.15 Å². The van der Waals surface area contributed by atoms with E-state index in [2.05, 4.69) is 9.97 Å². The highest BCUT2D eigenvalue weighted by Gasteiger charge is 2.05. The Balaban J connectivity index is 2.48. The molecule has 16 heavy (non-hydrogen) atoms. The third-order valence-corrected chi connectivity index (χ3v) is 2.55. The summed E-state index contributed by atoms with van der Waals surface area (Å²) in [7, 11) is 1.65. The second-order valence-corrected chi connectivity index (χ2v) is 3.79. The van der Waals surface area contributed by atoms with E-state index in [-0.39, 0.29) is 0 Å². The van der Waals surface area contributed by atoms with Gasteiger partial charge in [-0.25, -0.2) is 9.97 Å². The number of hydrogen-bond donors (Lipinski definition) is 0. The molecule has 0 fully saturated rings. The van der Waals surface area contributed by atoms with Crippen molar-refractivity contribution in [1.82, 2.24) is 9.97 Å². The maximum atomic E-state index is 5.83. The summed E-state index contributed by atoms with van der Waals surface area (Å²) in [5, 5.41) is 0.445. The van der Waals surface area contributed by atoms with Gasteiger partial charge in [-0.2, -0.15) is 0 Å². The lowest BCUT2D eigenvalue weighted by atomic mass is 10.1. The molecule has 0 aliphatic carbocycles. The number of rotatable bonds is 2. The van der Waals surface area contributed by atoms with E-state index < -0.39 is 0 Å². The molecule has 0 spiro atoms. The highest BCUT2D eigenvalue weighted by Crippen LogP contribution is 2.26. The predicted molar refractivity (Wildman–Crippen MR) is 63.8 cm³/mol. The normalized spacial score (nSPS) is 10.2. The van der Waals surface area contributed by atoms with Crippen LogP contribution in [0.5, 0.6) is 5.75 Å². The highest BCUT2D eigenvalue weighted by atomic mass is 35.5. The number of aromatic nitrogens is 2. The number of aryl methyl sites for hydroxylation is 1. The average Bonchev–Trinajstić information content (AvgIpc) is 2.28. The summed E-state index contributed by atoms with van der Waals surface area (Å²) < 4.78 is 5.15. The zero-order chi connectivity index (χ0) is 11.5. The van der Waals surface area contributed by atoms with Crippen LogP contribution in [0, 0.1) is 6.92 Å². The average molecular weight is 235 g/mol. The molecule has 0 bridgehead atoms. The van der Waals surface area contributed by atoms with Gasteiger partial charge in [0.25, 0.3) is 0 Å². The standard InChI is InChI=1S/C12H11ClN2O/c1-8-5-9(16-2)3-4-10(8)11-6-12(13)15-7-14-11/h3-7H,1-2H3. The monoisotopic (exact) mass is 234 g/mol. The maximum Gasteiger partial charge on any atom is 0.133 e. The highest BCUT2D eigenvalue weighted by molar-refractivity contribution is 6.29. The molecule has 4 heteroatoms. The van der Waals surface area contributed by atoms with Crippen molar-refractivity contribution in [3.05, 3.63) is 41.3 Å². The Morgan fingerprint density at radius 2 is 2.00 bits per heavy atom. The minimum Gasteiger partial charge on any atom is -0.497 e. The second-order valence-electron chi connectivity index (χ2n) is 3.41. The van der Waals surface area contributed by atoms with Gasteiger partial charge in [0.2, 0.25) is 0 Å². The molecule has 0 radical (unpaired) electrons. The number of methoxy groups -OCH3 is 1. The van der Waals surface area contributed by atoms with E-state index in [4.69, 9.17) is 16.3 Å². The third kappa shape index (κ3) is 2.14. The van der Waals surface area contributed by atoms with Crippen molar-refractivity contribution in [3.8, 4) is 17.0 Å². The molecule has 0 atom stereocenters. The Labute approximate surface area is 99.1 Å². The lowest BCUT2D eigenvalue weighted by Gasteiger charge is -2.07. The Morgan fingerprint density at radius 1 is 1.19 bits per heavy atom. The molecule has 0 saturated heterocycles. The fraction of sp³-hybridized carbons (Fsp3) is 0.167. The van der Waals surface area contributed by atoms with Crippen LogP contribution in [0.4, 0.5) is 0 Å². The van der Waals surface area contributed by atoms with Crippen LogP contribution in [0.25, 0.3) is 11.3 Å². The first-order chi connectivity index (χ1) is 7.70. The molecule has 2 aromatic rings. The number of hydrogen-bond acceptors (Lipinski definition) is 3. The number of benzene rings is 1. The summed E-state index contributed by atoms with van der Waals surface area (Å²) in [4.78, 5) is 8.05. The zero-order valence-electron chi connectivity index (χ0n) is 9.07. The van der Waals surface area contributed by atoms with Gasteiger partial charge in [-0.3, -0.25) is 0 Å². The smallest absolute Gasteiger partial charge is 0.133 e. The van der Waals surface area contributed by atoms with Crippen molar-refractivity contribution < 1.29 is 4.74 Å². The van der Waals surface area contributed by atoms with Crippen LogP contribution in [0.3, 0.4) is 0 Å². The molecule has 0 saturated carbocycles. The molecule has 1 heterocycles. The molecule has 0 aliphatic heterocycles. The van der Waals surface area contributed by atoms with Crippen molar-refractivity contribution in [2.24, 2.45) is 0 Å². The summed E-state index contributed by atoms with van der Waals surface area (Å²) in [5.41, 5.74) is 2.94. The maximum absolute atomic E-state index is 5.83. The van der Waals surface area contributed by atoms with E-state index in [1.165, 1.54) is 6.33 Å². The number of halogens is 1. The molecule has 3 nitrogen and oxygen atoms in total. The molecule has 1 aromatic heterocycles. The predicted octanol–water partition coefficient (Wildman–Crippen LogP) is 3.11. The van der Waals surface area contributed by atoms with Crippen molar-refractivity contribution in [2.75, 3.05) is 7.11 Å². The van der Waals surface area contributed by atoms with Crippen molar-refractivity contribution >= 4 is 11.6 Å². The second kappa shape index (κ2) is 4.49. The van der Waals surface area contributed by atoms with Gasteiger partial charge < -0.3 is 4.74 Å². The van der Waals surface area contributed by atoms with E-state index in [1.54, 1.807) is 13.2 Å². The third-order valence-electron chi connectivity index (χ3n) is 2.34. The first kappa shape index (κ1) is 10.9. The minimum atomic E-state index is 0.445. The molecule has 0 N–H and O–H groups in total. The minimum absolute atomic E-state index is 0.445. The Bertz CT molecular complexity index is 514. The van der Waals surface area contributed by atoms with Crippen molar-refractivity contribution in [1.29, 1.82) is 0 Å². The molecule has 2 rings (SSSR count). The lowest BCUT2D eigenvalue weighted by molar-refractivity contribution is 0.414. The van der Waals surface area contributed by atoms with E-state index in [0.717, 1.165) is 22.6 Å². The van der Waals surface area contributed by atoms with Crippen LogP contribution in [0.15, 0.2) is 30.6 Å². The van der Waals surface area contributed by atoms with Gasteiger partial charge in [-0.05, 0) is 30.7 Å². The first-order valence-corrected chi connectivity index (χ1v) is 5.21. The van der Waals surface area contributed by atoms with E-state index >= 15 is 0 Å². The van der Waals surface area contributed by atoms with Crippen molar-refractivity contribution in [3.63, 3.8) is 0 Å².